The van der Waals surface area contributed by atoms with Gasteiger partial charge in [0.05, 0.1) is 19.4 Å². The van der Waals surface area contributed by atoms with Crippen LogP contribution < -0.4 is 15.5 Å². The van der Waals surface area contributed by atoms with Gasteiger partial charge in [-0.3, -0.25) is 19.2 Å². The summed E-state index contributed by atoms with van der Waals surface area (Å²) in [6.07, 6.45) is 0.376. The first-order valence-electron chi connectivity index (χ1n) is 12.0. The highest BCUT2D eigenvalue weighted by Crippen LogP contribution is 2.37. The van der Waals surface area contributed by atoms with E-state index < -0.39 is 24.0 Å². The normalized spacial score (nSPS) is 17.5. The highest BCUT2D eigenvalue weighted by molar-refractivity contribution is 6.07. The van der Waals surface area contributed by atoms with Crippen molar-refractivity contribution in [1.29, 1.82) is 0 Å². The van der Waals surface area contributed by atoms with Crippen molar-refractivity contribution in [1.82, 2.24) is 19.7 Å². The standard InChI is InChI=1S/C24H26F3N7O4/c1-23(2)4-6-34(22(23)36)19-16(9-33(32-19)8-14-10-37-11-14)30-20(35)17-12-38-21(31-17)15-3-5-28-18(7-15)29-13-24(25,26)27/h3,5,7,9,12,14H,4,6,8,10-11,13H2,1-2H3,(H,28,29)(H,30,35). The average molecular weight is 534 g/mol. The molecule has 0 unspecified atom stereocenters. The van der Waals surface area contributed by atoms with Gasteiger partial charge in [-0.05, 0) is 18.6 Å². The van der Waals surface area contributed by atoms with E-state index in [9.17, 15) is 22.8 Å². The van der Waals surface area contributed by atoms with Crippen molar-refractivity contribution in [3.05, 3.63) is 36.5 Å². The van der Waals surface area contributed by atoms with Gasteiger partial charge >= 0.3 is 6.18 Å². The second kappa shape index (κ2) is 9.74. The van der Waals surface area contributed by atoms with Gasteiger partial charge in [0.25, 0.3) is 5.91 Å². The topological polar surface area (TPSA) is 127 Å². The van der Waals surface area contributed by atoms with Gasteiger partial charge in [0.15, 0.2) is 11.5 Å². The molecular formula is C24H26F3N7O4. The van der Waals surface area contributed by atoms with E-state index in [2.05, 4.69) is 25.7 Å². The van der Waals surface area contributed by atoms with Crippen molar-refractivity contribution in [2.24, 2.45) is 11.3 Å². The zero-order chi connectivity index (χ0) is 27.1. The number of oxazole rings is 1. The Kier molecular flexibility index (Phi) is 6.59. The summed E-state index contributed by atoms with van der Waals surface area (Å²) in [7, 11) is 0. The number of nitrogens with one attached hydrogen (secondary N) is 2. The SMILES string of the molecule is CC1(C)CCN(c2nn(CC3COC3)cc2NC(=O)c2coc(-c3ccnc(NCC(F)(F)F)c3)n2)C1=O. The summed E-state index contributed by atoms with van der Waals surface area (Å²) in [5, 5.41) is 9.55. The first-order valence-corrected chi connectivity index (χ1v) is 12.0. The van der Waals surface area contributed by atoms with Gasteiger partial charge in [-0.2, -0.15) is 18.3 Å². The minimum Gasteiger partial charge on any atom is -0.444 e. The van der Waals surface area contributed by atoms with E-state index in [1.807, 2.05) is 13.8 Å². The van der Waals surface area contributed by atoms with Crippen LogP contribution in [0.5, 0.6) is 0 Å². The molecule has 0 radical (unpaired) electrons. The fourth-order valence-corrected chi connectivity index (χ4v) is 4.16. The molecule has 0 bridgehead atoms. The third kappa shape index (κ3) is 5.49. The minimum absolute atomic E-state index is 0.0175. The molecule has 0 atom stereocenters. The number of halogens is 3. The molecule has 38 heavy (non-hydrogen) atoms. The Morgan fingerprint density at radius 3 is 2.74 bits per heavy atom. The number of hydrogen-bond acceptors (Lipinski definition) is 8. The number of hydrogen-bond donors (Lipinski definition) is 2. The molecule has 2 saturated heterocycles. The molecule has 2 amide bonds. The lowest BCUT2D eigenvalue weighted by molar-refractivity contribution is -0.124. The van der Waals surface area contributed by atoms with Crippen molar-refractivity contribution in [3.8, 4) is 11.5 Å². The van der Waals surface area contributed by atoms with E-state index in [0.717, 1.165) is 6.26 Å². The Morgan fingerprint density at radius 2 is 2.08 bits per heavy atom. The van der Waals surface area contributed by atoms with Crippen molar-refractivity contribution in [3.63, 3.8) is 0 Å². The summed E-state index contributed by atoms with van der Waals surface area (Å²) in [5.41, 5.74) is 0.103. The van der Waals surface area contributed by atoms with Crippen LogP contribution in [-0.2, 0) is 16.1 Å². The van der Waals surface area contributed by atoms with E-state index in [1.54, 1.807) is 15.8 Å². The average Bonchev–Trinajstić information content (AvgIpc) is 3.53. The Morgan fingerprint density at radius 1 is 1.29 bits per heavy atom. The Balaban J connectivity index is 1.34. The first-order chi connectivity index (χ1) is 18.0. The van der Waals surface area contributed by atoms with Crippen LogP contribution in [0.25, 0.3) is 11.5 Å². The molecular weight excluding hydrogens is 507 g/mol. The molecule has 202 valence electrons. The van der Waals surface area contributed by atoms with E-state index in [1.165, 1.54) is 18.3 Å². The highest BCUT2D eigenvalue weighted by Gasteiger charge is 2.41. The van der Waals surface area contributed by atoms with E-state index in [0.29, 0.717) is 55.7 Å². The van der Waals surface area contributed by atoms with Crippen LogP contribution in [0.1, 0.15) is 30.8 Å². The molecule has 3 aromatic rings. The lowest BCUT2D eigenvalue weighted by Gasteiger charge is -2.25. The lowest BCUT2D eigenvalue weighted by Crippen LogP contribution is -2.33. The third-order valence-corrected chi connectivity index (χ3v) is 6.40. The highest BCUT2D eigenvalue weighted by atomic mass is 19.4. The second-order valence-corrected chi connectivity index (χ2v) is 9.97. The molecule has 3 aromatic heterocycles. The summed E-state index contributed by atoms with van der Waals surface area (Å²) in [4.78, 5) is 35.7. The summed E-state index contributed by atoms with van der Waals surface area (Å²) < 4.78 is 49.9. The van der Waals surface area contributed by atoms with E-state index >= 15 is 0 Å². The molecule has 14 heteroatoms. The molecule has 11 nitrogen and oxygen atoms in total. The maximum absolute atomic E-state index is 13.1. The minimum atomic E-state index is -4.40. The second-order valence-electron chi connectivity index (χ2n) is 9.97. The fraction of sp³-hybridized carbons (Fsp3) is 0.458. The molecule has 2 fully saturated rings. The predicted molar refractivity (Wildman–Crippen MR) is 130 cm³/mol. The Bertz CT molecular complexity index is 1350. The fourth-order valence-electron chi connectivity index (χ4n) is 4.16. The number of rotatable bonds is 8. The Labute approximate surface area is 215 Å². The van der Waals surface area contributed by atoms with Gasteiger partial charge in [0, 0.05) is 36.2 Å². The number of carbonyl (C=O) groups is 2. The van der Waals surface area contributed by atoms with Crippen molar-refractivity contribution in [2.45, 2.75) is 33.0 Å². The van der Waals surface area contributed by atoms with Crippen LogP contribution in [0.2, 0.25) is 0 Å². The van der Waals surface area contributed by atoms with Crippen LogP contribution in [-0.4, -0.2) is 64.0 Å². The first kappa shape index (κ1) is 25.7. The number of aromatic nitrogens is 4. The van der Waals surface area contributed by atoms with Crippen LogP contribution in [0.4, 0.5) is 30.5 Å². The number of carbonyl (C=O) groups excluding carboxylic acids is 2. The third-order valence-electron chi connectivity index (χ3n) is 6.40. The van der Waals surface area contributed by atoms with Crippen LogP contribution in [0.15, 0.2) is 35.2 Å². The summed E-state index contributed by atoms with van der Waals surface area (Å²) in [6, 6.07) is 2.84. The smallest absolute Gasteiger partial charge is 0.405 e. The monoisotopic (exact) mass is 533 g/mol. The summed E-state index contributed by atoms with van der Waals surface area (Å²) >= 11 is 0. The van der Waals surface area contributed by atoms with E-state index in [4.69, 9.17) is 9.15 Å². The van der Waals surface area contributed by atoms with Crippen molar-refractivity contribution < 1.29 is 31.9 Å². The number of ether oxygens (including phenoxy) is 1. The molecule has 0 saturated carbocycles. The number of amides is 2. The van der Waals surface area contributed by atoms with Crippen LogP contribution in [0, 0.1) is 11.3 Å². The van der Waals surface area contributed by atoms with Crippen LogP contribution in [0.3, 0.4) is 0 Å². The lowest BCUT2D eigenvalue weighted by atomic mass is 9.92. The largest absolute Gasteiger partial charge is 0.444 e. The molecule has 0 spiro atoms. The molecule has 2 N–H and O–H groups in total. The number of alkyl halides is 3. The number of nitrogens with zero attached hydrogens (tertiary/aromatic N) is 5. The molecule has 0 aliphatic carbocycles. The zero-order valence-corrected chi connectivity index (χ0v) is 20.7. The Hall–Kier alpha value is -3.94. The number of pyridine rings is 1. The van der Waals surface area contributed by atoms with E-state index in [-0.39, 0.29) is 23.3 Å². The maximum Gasteiger partial charge on any atom is 0.405 e. The summed E-state index contributed by atoms with van der Waals surface area (Å²) in [6.45, 7) is 4.79. The van der Waals surface area contributed by atoms with Gasteiger partial charge in [-0.15, -0.1) is 0 Å². The van der Waals surface area contributed by atoms with Gasteiger partial charge < -0.3 is 19.8 Å². The molecule has 5 rings (SSSR count). The molecule has 2 aliphatic heterocycles. The molecule has 5 heterocycles. The van der Waals surface area contributed by atoms with Gasteiger partial charge in [0.1, 0.15) is 24.3 Å². The van der Waals surface area contributed by atoms with Crippen LogP contribution >= 0.6 is 0 Å². The molecule has 0 aromatic carbocycles. The molecule has 2 aliphatic rings. The van der Waals surface area contributed by atoms with Crippen molar-refractivity contribution in [2.75, 3.05) is 41.8 Å². The quantitative estimate of drug-likeness (QED) is 0.450. The van der Waals surface area contributed by atoms with Gasteiger partial charge in [0.2, 0.25) is 11.8 Å². The van der Waals surface area contributed by atoms with Gasteiger partial charge in [-0.1, -0.05) is 13.8 Å². The van der Waals surface area contributed by atoms with Crippen molar-refractivity contribution >= 4 is 29.1 Å². The predicted octanol–water partition coefficient (Wildman–Crippen LogP) is 3.57. The van der Waals surface area contributed by atoms with Gasteiger partial charge in [-0.25, -0.2) is 9.97 Å². The summed E-state index contributed by atoms with van der Waals surface area (Å²) in [5.74, 6) is -0.00995. The zero-order valence-electron chi connectivity index (χ0n) is 20.7. The maximum atomic E-state index is 13.1. The number of anilines is 3.